The van der Waals surface area contributed by atoms with Crippen molar-refractivity contribution in [2.24, 2.45) is 0 Å². The molecule has 3 rings (SSSR count). The Morgan fingerprint density at radius 3 is 2.38 bits per heavy atom. The van der Waals surface area contributed by atoms with Crippen LogP contribution in [-0.2, 0) is 0 Å². The molecular weight excluding hydrogens is 292 g/mol. The van der Waals surface area contributed by atoms with Crippen LogP contribution in [0.1, 0.15) is 25.9 Å². The van der Waals surface area contributed by atoms with Crippen LogP contribution in [0.15, 0.2) is 22.8 Å². The molecule has 1 aliphatic rings. The van der Waals surface area contributed by atoms with Gasteiger partial charge in [0, 0.05) is 26.2 Å². The van der Waals surface area contributed by atoms with Crippen LogP contribution in [0.5, 0.6) is 0 Å². The summed E-state index contributed by atoms with van der Waals surface area (Å²) in [7, 11) is 0. The fraction of sp³-hybridized carbons (Fsp3) is 0.385. The maximum absolute atomic E-state index is 12.3. The van der Waals surface area contributed by atoms with Crippen LogP contribution in [0, 0.1) is 6.92 Å². The molecule has 2 amide bonds. The largest absolute Gasteiger partial charge is 0.459 e. The van der Waals surface area contributed by atoms with Gasteiger partial charge in [0.05, 0.1) is 12.0 Å². The van der Waals surface area contributed by atoms with Crippen molar-refractivity contribution in [3.05, 3.63) is 34.7 Å². The van der Waals surface area contributed by atoms with Crippen LogP contribution in [0.2, 0.25) is 0 Å². The first-order valence-electron chi connectivity index (χ1n) is 6.58. The Morgan fingerprint density at radius 1 is 1.19 bits per heavy atom. The fourth-order valence-corrected chi connectivity index (χ4v) is 2.87. The molecule has 0 aliphatic carbocycles. The van der Waals surface area contributed by atoms with Crippen molar-refractivity contribution in [2.45, 2.75) is 6.92 Å². The van der Waals surface area contributed by atoms with Crippen molar-refractivity contribution in [1.29, 1.82) is 0 Å². The summed E-state index contributed by atoms with van der Waals surface area (Å²) in [5, 5.41) is 3.85. The molecule has 110 valence electrons. The Morgan fingerprint density at radius 2 is 1.86 bits per heavy atom. The van der Waals surface area contributed by atoms with E-state index in [0.29, 0.717) is 42.5 Å². The number of nitrogens with zero attached hydrogens (tertiary/aromatic N) is 4. The minimum atomic E-state index is -0.136. The van der Waals surface area contributed by atoms with Crippen molar-refractivity contribution in [3.8, 4) is 0 Å². The summed E-state index contributed by atoms with van der Waals surface area (Å²) in [4.78, 5) is 28.4. The lowest BCUT2D eigenvalue weighted by Crippen LogP contribution is -2.50. The topological polar surface area (TPSA) is 79.5 Å². The monoisotopic (exact) mass is 306 g/mol. The number of piperazine rings is 1. The van der Waals surface area contributed by atoms with Crippen LogP contribution in [0.25, 0.3) is 0 Å². The summed E-state index contributed by atoms with van der Waals surface area (Å²) < 4.78 is 8.89. The van der Waals surface area contributed by atoms with E-state index in [1.807, 2.05) is 0 Å². The molecule has 0 aromatic carbocycles. The SMILES string of the molecule is Cc1nnsc1C(=O)N1CCN(C(=O)c2ccco2)CC1. The Kier molecular flexibility index (Phi) is 3.70. The predicted octanol–water partition coefficient (Wildman–Crippen LogP) is 1.04. The molecule has 2 aromatic heterocycles. The Labute approximate surface area is 125 Å². The molecule has 1 saturated heterocycles. The molecule has 7 nitrogen and oxygen atoms in total. The summed E-state index contributed by atoms with van der Waals surface area (Å²) >= 11 is 1.11. The van der Waals surface area contributed by atoms with Gasteiger partial charge in [-0.2, -0.15) is 0 Å². The van der Waals surface area contributed by atoms with Crippen LogP contribution in [-0.4, -0.2) is 57.4 Å². The van der Waals surface area contributed by atoms with E-state index in [2.05, 4.69) is 9.59 Å². The van der Waals surface area contributed by atoms with E-state index in [1.165, 1.54) is 6.26 Å². The number of hydrogen-bond donors (Lipinski definition) is 0. The minimum absolute atomic E-state index is 0.0624. The average molecular weight is 306 g/mol. The minimum Gasteiger partial charge on any atom is -0.459 e. The highest BCUT2D eigenvalue weighted by Gasteiger charge is 2.28. The molecule has 1 aliphatic heterocycles. The molecule has 0 bridgehead atoms. The third kappa shape index (κ3) is 2.66. The van der Waals surface area contributed by atoms with Crippen molar-refractivity contribution in [3.63, 3.8) is 0 Å². The maximum atomic E-state index is 12.3. The number of hydrogen-bond acceptors (Lipinski definition) is 6. The van der Waals surface area contributed by atoms with Crippen molar-refractivity contribution < 1.29 is 14.0 Å². The van der Waals surface area contributed by atoms with Crippen molar-refractivity contribution >= 4 is 23.3 Å². The van der Waals surface area contributed by atoms with E-state index in [9.17, 15) is 9.59 Å². The number of carbonyl (C=O) groups is 2. The average Bonchev–Trinajstić information content (AvgIpc) is 3.17. The highest BCUT2D eigenvalue weighted by atomic mass is 32.1. The van der Waals surface area contributed by atoms with E-state index >= 15 is 0 Å². The molecule has 8 heteroatoms. The highest BCUT2D eigenvalue weighted by Crippen LogP contribution is 2.15. The van der Waals surface area contributed by atoms with Gasteiger partial charge in [-0.1, -0.05) is 4.49 Å². The summed E-state index contributed by atoms with van der Waals surface area (Å²) in [6.45, 7) is 3.77. The zero-order valence-corrected chi connectivity index (χ0v) is 12.3. The number of carbonyl (C=O) groups excluding carboxylic acids is 2. The molecule has 0 radical (unpaired) electrons. The van der Waals surface area contributed by atoms with Gasteiger partial charge < -0.3 is 14.2 Å². The molecule has 2 aromatic rings. The van der Waals surface area contributed by atoms with Gasteiger partial charge in [0.1, 0.15) is 4.88 Å². The molecule has 0 saturated carbocycles. The fourth-order valence-electron chi connectivity index (χ4n) is 2.24. The van der Waals surface area contributed by atoms with Crippen molar-refractivity contribution in [1.82, 2.24) is 19.4 Å². The molecular formula is C13H14N4O3S. The summed E-state index contributed by atoms with van der Waals surface area (Å²) in [6.07, 6.45) is 1.48. The van der Waals surface area contributed by atoms with E-state index in [1.54, 1.807) is 28.9 Å². The number of furan rings is 1. The Bertz CT molecular complexity index is 644. The van der Waals surface area contributed by atoms with Gasteiger partial charge in [0.25, 0.3) is 11.8 Å². The molecule has 3 heterocycles. The van der Waals surface area contributed by atoms with E-state index in [0.717, 1.165) is 11.5 Å². The van der Waals surface area contributed by atoms with Gasteiger partial charge in [-0.3, -0.25) is 9.59 Å². The lowest BCUT2D eigenvalue weighted by atomic mass is 10.2. The maximum Gasteiger partial charge on any atom is 0.289 e. The van der Waals surface area contributed by atoms with Gasteiger partial charge in [-0.25, -0.2) is 0 Å². The summed E-state index contributed by atoms with van der Waals surface area (Å²) in [5.74, 6) is 0.132. The van der Waals surface area contributed by atoms with Gasteiger partial charge in [0.15, 0.2) is 5.76 Å². The second-order valence-corrected chi connectivity index (χ2v) is 5.50. The van der Waals surface area contributed by atoms with E-state index < -0.39 is 0 Å². The molecule has 0 atom stereocenters. The second-order valence-electron chi connectivity index (χ2n) is 4.75. The van der Waals surface area contributed by atoms with Gasteiger partial charge in [-0.15, -0.1) is 5.10 Å². The first-order valence-corrected chi connectivity index (χ1v) is 7.35. The van der Waals surface area contributed by atoms with Crippen LogP contribution in [0.4, 0.5) is 0 Å². The molecule has 1 fully saturated rings. The summed E-state index contributed by atoms with van der Waals surface area (Å²) in [5.41, 5.74) is 0.652. The van der Waals surface area contributed by atoms with E-state index in [4.69, 9.17) is 4.42 Å². The van der Waals surface area contributed by atoms with E-state index in [-0.39, 0.29) is 11.8 Å². The van der Waals surface area contributed by atoms with Gasteiger partial charge in [0.2, 0.25) is 0 Å². The van der Waals surface area contributed by atoms with Crippen LogP contribution < -0.4 is 0 Å². The first-order chi connectivity index (χ1) is 10.2. The van der Waals surface area contributed by atoms with Crippen molar-refractivity contribution in [2.75, 3.05) is 26.2 Å². The first kappa shape index (κ1) is 13.7. The standard InChI is InChI=1S/C13H14N4O3S/c1-9-11(21-15-14-9)13(19)17-6-4-16(5-7-17)12(18)10-3-2-8-20-10/h2-3,8H,4-7H2,1H3. The lowest BCUT2D eigenvalue weighted by Gasteiger charge is -2.34. The van der Waals surface area contributed by atoms with Gasteiger partial charge >= 0.3 is 0 Å². The third-order valence-corrected chi connectivity index (χ3v) is 4.25. The van der Waals surface area contributed by atoms with Gasteiger partial charge in [-0.05, 0) is 30.6 Å². The smallest absolute Gasteiger partial charge is 0.289 e. The molecule has 0 unspecified atom stereocenters. The van der Waals surface area contributed by atoms with Crippen LogP contribution in [0.3, 0.4) is 0 Å². The predicted molar refractivity (Wildman–Crippen MR) is 75.2 cm³/mol. The zero-order chi connectivity index (χ0) is 14.8. The number of aryl methyl sites for hydroxylation is 1. The highest BCUT2D eigenvalue weighted by molar-refractivity contribution is 7.07. The lowest BCUT2D eigenvalue weighted by molar-refractivity contribution is 0.0520. The summed E-state index contributed by atoms with van der Waals surface area (Å²) in [6, 6.07) is 3.33. The zero-order valence-electron chi connectivity index (χ0n) is 11.5. The Balaban J connectivity index is 1.62. The number of amides is 2. The third-order valence-electron chi connectivity index (χ3n) is 3.43. The van der Waals surface area contributed by atoms with Crippen LogP contribution >= 0.6 is 11.5 Å². The normalized spacial score (nSPS) is 15.3. The molecule has 21 heavy (non-hydrogen) atoms. The Hall–Kier alpha value is -2.22. The molecule has 0 N–H and O–H groups in total. The second kappa shape index (κ2) is 5.65. The quantitative estimate of drug-likeness (QED) is 0.828. The number of rotatable bonds is 2. The number of aromatic nitrogens is 2. The molecule has 0 spiro atoms.